The highest BCUT2D eigenvalue weighted by Crippen LogP contribution is 2.13. The van der Waals surface area contributed by atoms with E-state index in [0.717, 1.165) is 16.9 Å². The Morgan fingerprint density at radius 1 is 1.43 bits per heavy atom. The van der Waals surface area contributed by atoms with E-state index in [4.69, 9.17) is 5.11 Å². The Morgan fingerprint density at radius 3 is 2.90 bits per heavy atom. The SMILES string of the molecule is Cc1ccc2nc(CSCC(=O)NC(C)C(=O)O)cn2c1. The van der Waals surface area contributed by atoms with Crippen molar-refractivity contribution in [2.45, 2.75) is 25.6 Å². The summed E-state index contributed by atoms with van der Waals surface area (Å²) in [5.74, 6) is -0.501. The maximum Gasteiger partial charge on any atom is 0.325 e. The van der Waals surface area contributed by atoms with Gasteiger partial charge in [0.2, 0.25) is 5.91 Å². The molecule has 1 atom stereocenters. The van der Waals surface area contributed by atoms with Gasteiger partial charge in [-0.3, -0.25) is 9.59 Å². The zero-order valence-corrected chi connectivity index (χ0v) is 12.7. The molecule has 112 valence electrons. The van der Waals surface area contributed by atoms with Gasteiger partial charge in [0.25, 0.3) is 0 Å². The highest BCUT2D eigenvalue weighted by molar-refractivity contribution is 7.99. The first-order chi connectivity index (χ1) is 9.95. The average molecular weight is 307 g/mol. The normalized spacial score (nSPS) is 12.3. The van der Waals surface area contributed by atoms with E-state index < -0.39 is 12.0 Å². The van der Waals surface area contributed by atoms with Crippen LogP contribution in [0.3, 0.4) is 0 Å². The molecule has 0 aromatic carbocycles. The van der Waals surface area contributed by atoms with Gasteiger partial charge in [0.1, 0.15) is 11.7 Å². The van der Waals surface area contributed by atoms with Gasteiger partial charge in [-0.15, -0.1) is 11.8 Å². The third kappa shape index (κ3) is 4.22. The monoisotopic (exact) mass is 307 g/mol. The Kier molecular flexibility index (Phi) is 4.85. The van der Waals surface area contributed by atoms with Crippen LogP contribution in [0.4, 0.5) is 0 Å². The maximum absolute atomic E-state index is 11.5. The van der Waals surface area contributed by atoms with E-state index in [1.165, 1.54) is 18.7 Å². The number of carboxylic acid groups (broad SMARTS) is 1. The second-order valence-corrected chi connectivity index (χ2v) is 5.81. The lowest BCUT2D eigenvalue weighted by Crippen LogP contribution is -2.39. The van der Waals surface area contributed by atoms with Gasteiger partial charge in [0.15, 0.2) is 0 Å². The number of hydrogen-bond acceptors (Lipinski definition) is 4. The summed E-state index contributed by atoms with van der Waals surface area (Å²) in [7, 11) is 0. The molecule has 0 saturated heterocycles. The standard InChI is InChI=1S/C14H17N3O3S/c1-9-3-4-12-16-11(6-17(12)5-9)7-21-8-13(18)15-10(2)14(19)20/h3-6,10H,7-8H2,1-2H3,(H,15,18)(H,19,20). The molecule has 0 saturated carbocycles. The number of hydrogen-bond donors (Lipinski definition) is 2. The quantitative estimate of drug-likeness (QED) is 0.844. The van der Waals surface area contributed by atoms with Crippen molar-refractivity contribution in [2.24, 2.45) is 0 Å². The molecule has 2 aromatic rings. The van der Waals surface area contributed by atoms with Crippen molar-refractivity contribution in [3.63, 3.8) is 0 Å². The second-order valence-electron chi connectivity index (χ2n) is 4.82. The van der Waals surface area contributed by atoms with Crippen LogP contribution in [0.15, 0.2) is 24.5 Å². The van der Waals surface area contributed by atoms with E-state index in [1.807, 2.05) is 35.9 Å². The minimum atomic E-state index is -1.04. The van der Waals surface area contributed by atoms with Gasteiger partial charge in [-0.25, -0.2) is 4.98 Å². The number of carboxylic acids is 1. The van der Waals surface area contributed by atoms with Crippen LogP contribution in [0.1, 0.15) is 18.2 Å². The summed E-state index contributed by atoms with van der Waals surface area (Å²) in [6.45, 7) is 3.46. The van der Waals surface area contributed by atoms with Crippen LogP contribution in [-0.2, 0) is 15.3 Å². The zero-order chi connectivity index (χ0) is 15.4. The summed E-state index contributed by atoms with van der Waals surface area (Å²) in [5.41, 5.74) is 2.92. The third-order valence-electron chi connectivity index (χ3n) is 2.88. The van der Waals surface area contributed by atoms with Crippen molar-refractivity contribution in [1.29, 1.82) is 0 Å². The van der Waals surface area contributed by atoms with Crippen LogP contribution in [0.5, 0.6) is 0 Å². The molecule has 0 aliphatic rings. The topological polar surface area (TPSA) is 83.7 Å². The van der Waals surface area contributed by atoms with Crippen molar-refractivity contribution in [3.8, 4) is 0 Å². The van der Waals surface area contributed by atoms with Gasteiger partial charge in [0, 0.05) is 18.1 Å². The van der Waals surface area contributed by atoms with Gasteiger partial charge in [-0.05, 0) is 25.5 Å². The molecule has 0 bridgehead atoms. The van der Waals surface area contributed by atoms with Crippen LogP contribution < -0.4 is 5.32 Å². The molecule has 0 aliphatic carbocycles. The predicted octanol–water partition coefficient (Wildman–Crippen LogP) is 1.47. The number of fused-ring (bicyclic) bond motifs is 1. The average Bonchev–Trinajstić information content (AvgIpc) is 2.80. The van der Waals surface area contributed by atoms with Gasteiger partial charge in [0.05, 0.1) is 11.4 Å². The molecule has 0 fully saturated rings. The molecule has 1 amide bonds. The van der Waals surface area contributed by atoms with Crippen molar-refractivity contribution >= 4 is 29.3 Å². The highest BCUT2D eigenvalue weighted by Gasteiger charge is 2.13. The fourth-order valence-corrected chi connectivity index (χ4v) is 2.54. The lowest BCUT2D eigenvalue weighted by Gasteiger charge is -2.08. The molecular weight excluding hydrogens is 290 g/mol. The number of nitrogens with zero attached hydrogens (tertiary/aromatic N) is 2. The van der Waals surface area contributed by atoms with Crippen LogP contribution in [0.2, 0.25) is 0 Å². The van der Waals surface area contributed by atoms with Gasteiger partial charge in [-0.1, -0.05) is 6.07 Å². The number of thioether (sulfide) groups is 1. The molecule has 0 spiro atoms. The van der Waals surface area contributed by atoms with E-state index in [1.54, 1.807) is 0 Å². The van der Waals surface area contributed by atoms with Crippen LogP contribution in [-0.4, -0.2) is 38.2 Å². The number of carbonyl (C=O) groups excluding carboxylic acids is 1. The Hall–Kier alpha value is -2.02. The van der Waals surface area contributed by atoms with Crippen molar-refractivity contribution in [2.75, 3.05) is 5.75 Å². The first-order valence-electron chi connectivity index (χ1n) is 6.50. The number of aryl methyl sites for hydroxylation is 1. The van der Waals surface area contributed by atoms with E-state index in [9.17, 15) is 9.59 Å². The van der Waals surface area contributed by atoms with E-state index in [0.29, 0.717) is 5.75 Å². The van der Waals surface area contributed by atoms with E-state index in [2.05, 4.69) is 10.3 Å². The predicted molar refractivity (Wildman–Crippen MR) is 81.3 cm³/mol. The molecule has 0 radical (unpaired) electrons. The number of aliphatic carboxylic acids is 1. The molecule has 2 N–H and O–H groups in total. The van der Waals surface area contributed by atoms with Crippen molar-refractivity contribution in [3.05, 3.63) is 35.8 Å². The minimum absolute atomic E-state index is 0.213. The van der Waals surface area contributed by atoms with Crippen LogP contribution in [0, 0.1) is 6.92 Å². The molecule has 21 heavy (non-hydrogen) atoms. The first kappa shape index (κ1) is 15.4. The van der Waals surface area contributed by atoms with Crippen molar-refractivity contribution < 1.29 is 14.7 Å². The van der Waals surface area contributed by atoms with Crippen LogP contribution in [0.25, 0.3) is 5.65 Å². The number of rotatable bonds is 6. The minimum Gasteiger partial charge on any atom is -0.480 e. The summed E-state index contributed by atoms with van der Waals surface area (Å²) in [6.07, 6.45) is 3.94. The van der Waals surface area contributed by atoms with E-state index >= 15 is 0 Å². The largest absolute Gasteiger partial charge is 0.480 e. The molecule has 2 rings (SSSR count). The fraction of sp³-hybridized carbons (Fsp3) is 0.357. The smallest absolute Gasteiger partial charge is 0.325 e. The second kappa shape index (κ2) is 6.62. The molecule has 2 heterocycles. The molecule has 1 unspecified atom stereocenters. The highest BCUT2D eigenvalue weighted by atomic mass is 32.2. The summed E-state index contributed by atoms with van der Waals surface area (Å²) in [6, 6.07) is 3.08. The summed E-state index contributed by atoms with van der Waals surface area (Å²) >= 11 is 1.41. The summed E-state index contributed by atoms with van der Waals surface area (Å²) < 4.78 is 1.96. The fourth-order valence-electron chi connectivity index (χ4n) is 1.82. The lowest BCUT2D eigenvalue weighted by molar-refractivity contribution is -0.140. The summed E-state index contributed by atoms with van der Waals surface area (Å²) in [4.78, 5) is 26.6. The van der Waals surface area contributed by atoms with Gasteiger partial charge >= 0.3 is 5.97 Å². The summed E-state index contributed by atoms with van der Waals surface area (Å²) in [5, 5.41) is 11.1. The molecule has 2 aromatic heterocycles. The number of carbonyl (C=O) groups is 2. The lowest BCUT2D eigenvalue weighted by atomic mass is 10.3. The van der Waals surface area contributed by atoms with E-state index in [-0.39, 0.29) is 11.7 Å². The first-order valence-corrected chi connectivity index (χ1v) is 7.65. The zero-order valence-electron chi connectivity index (χ0n) is 11.9. The Labute approximate surface area is 126 Å². The Bertz CT molecular complexity index is 669. The van der Waals surface area contributed by atoms with Crippen molar-refractivity contribution in [1.82, 2.24) is 14.7 Å². The number of amides is 1. The van der Waals surface area contributed by atoms with Crippen LogP contribution >= 0.6 is 11.8 Å². The third-order valence-corrected chi connectivity index (χ3v) is 3.85. The van der Waals surface area contributed by atoms with Gasteiger partial charge in [-0.2, -0.15) is 0 Å². The number of pyridine rings is 1. The Balaban J connectivity index is 1.84. The number of nitrogens with one attached hydrogen (secondary N) is 1. The molecule has 7 heteroatoms. The molecule has 6 nitrogen and oxygen atoms in total. The van der Waals surface area contributed by atoms with Gasteiger partial charge < -0.3 is 14.8 Å². The number of imidazole rings is 1. The molecule has 0 aliphatic heterocycles. The Morgan fingerprint density at radius 2 is 2.19 bits per heavy atom. The number of aromatic nitrogens is 2. The molecular formula is C14H17N3O3S. The maximum atomic E-state index is 11.5.